The molecule has 0 aromatic heterocycles. The van der Waals surface area contributed by atoms with Gasteiger partial charge in [0.2, 0.25) is 11.8 Å². The van der Waals surface area contributed by atoms with Gasteiger partial charge in [0.1, 0.15) is 5.82 Å². The van der Waals surface area contributed by atoms with Gasteiger partial charge < -0.3 is 19.8 Å². The lowest BCUT2D eigenvalue weighted by molar-refractivity contribution is -0.192. The summed E-state index contributed by atoms with van der Waals surface area (Å²) in [4.78, 5) is 40.3. The van der Waals surface area contributed by atoms with Gasteiger partial charge >= 0.3 is 12.1 Å². The Labute approximate surface area is 264 Å². The Balaban J connectivity index is 0.000000676. The van der Waals surface area contributed by atoms with E-state index < -0.39 is 12.1 Å². The molecule has 0 spiro atoms. The van der Waals surface area contributed by atoms with Crippen LogP contribution in [0.3, 0.4) is 0 Å². The Morgan fingerprint density at radius 2 is 1.52 bits per heavy atom. The Bertz CT molecular complexity index is 1260. The zero-order chi connectivity index (χ0) is 32.4. The van der Waals surface area contributed by atoms with Crippen molar-refractivity contribution in [1.82, 2.24) is 9.80 Å². The van der Waals surface area contributed by atoms with Crippen LogP contribution in [-0.4, -0.2) is 78.1 Å². The summed E-state index contributed by atoms with van der Waals surface area (Å²) in [6, 6.07) is 12.2. The third kappa shape index (κ3) is 10.9. The van der Waals surface area contributed by atoms with E-state index in [1.807, 2.05) is 28.0 Å². The number of likely N-dealkylation sites (tertiary alicyclic amines) is 2. The molecule has 2 aliphatic rings. The minimum absolute atomic E-state index is 0.0636. The third-order valence-electron chi connectivity index (χ3n) is 8.01. The van der Waals surface area contributed by atoms with Crippen LogP contribution in [0, 0.1) is 17.7 Å². The van der Waals surface area contributed by atoms with Crippen molar-refractivity contribution in [1.29, 1.82) is 0 Å². The first-order chi connectivity index (χ1) is 20.7. The maximum absolute atomic E-state index is 13.6. The lowest BCUT2D eigenvalue weighted by Crippen LogP contribution is -2.45. The molecular weight excluding hydrogens is 625 g/mol. The number of alkyl halides is 3. The third-order valence-corrected chi connectivity index (χ3v) is 8.75. The first kappa shape index (κ1) is 35.6. The number of anilines is 1. The lowest BCUT2D eigenvalue weighted by Gasteiger charge is -2.35. The molecule has 0 atom stereocenters. The van der Waals surface area contributed by atoms with Gasteiger partial charge in [-0.05, 0) is 100.0 Å². The molecule has 1 N–H and O–H groups in total. The molecule has 2 saturated heterocycles. The number of carbonyl (C=O) groups excluding carboxylic acids is 2. The highest BCUT2D eigenvalue weighted by molar-refractivity contribution is 6.42. The summed E-state index contributed by atoms with van der Waals surface area (Å²) in [6.07, 6.45) is 0.385. The standard InChI is InChI=1S/C29H36Cl2FN3O2.C2HF3O2/c1-21(36)34-17-11-24(12-18-34)29(37)35(26-7-8-27(30)28(31)20-26)14-2-13-33-15-9-23(10-16-33)19-22-3-5-25(32)6-4-22;3-2(4,5)1(6)7/h3-8,20,23-24H,2,9-19H2,1H3;(H,6,7). The SMILES string of the molecule is CC(=O)N1CCC(C(=O)N(CCCN2CCC(Cc3ccc(F)cc3)CC2)c2ccc(Cl)c(Cl)c2)CC1.O=C(O)C(F)(F)F. The second-order valence-corrected chi connectivity index (χ2v) is 12.0. The molecule has 0 unspecified atom stereocenters. The van der Waals surface area contributed by atoms with Gasteiger partial charge in [-0.1, -0.05) is 35.3 Å². The molecule has 2 aliphatic heterocycles. The molecule has 242 valence electrons. The zero-order valence-electron chi connectivity index (χ0n) is 24.5. The molecule has 0 aliphatic carbocycles. The first-order valence-electron chi connectivity index (χ1n) is 14.5. The van der Waals surface area contributed by atoms with Crippen molar-refractivity contribution in [2.45, 2.75) is 51.6 Å². The average molecular weight is 663 g/mol. The summed E-state index contributed by atoms with van der Waals surface area (Å²) in [6.45, 7) is 6.43. The predicted molar refractivity (Wildman–Crippen MR) is 161 cm³/mol. The highest BCUT2D eigenvalue weighted by Gasteiger charge is 2.38. The molecule has 0 saturated carbocycles. The van der Waals surface area contributed by atoms with E-state index in [-0.39, 0.29) is 23.5 Å². The number of carboxylic acid groups (broad SMARTS) is 1. The van der Waals surface area contributed by atoms with Crippen LogP contribution in [0.2, 0.25) is 10.0 Å². The van der Waals surface area contributed by atoms with Gasteiger partial charge in [-0.3, -0.25) is 9.59 Å². The van der Waals surface area contributed by atoms with Crippen LogP contribution in [0.15, 0.2) is 42.5 Å². The number of nitrogens with zero attached hydrogens (tertiary/aromatic N) is 3. The van der Waals surface area contributed by atoms with E-state index in [0.717, 1.165) is 51.0 Å². The van der Waals surface area contributed by atoms with Crippen molar-refractivity contribution in [3.05, 3.63) is 63.9 Å². The second-order valence-electron chi connectivity index (χ2n) is 11.1. The van der Waals surface area contributed by atoms with Crippen LogP contribution in [-0.2, 0) is 20.8 Å². The van der Waals surface area contributed by atoms with Crippen molar-refractivity contribution < 1.29 is 37.1 Å². The smallest absolute Gasteiger partial charge is 0.475 e. The van der Waals surface area contributed by atoms with E-state index in [1.54, 1.807) is 19.1 Å². The Morgan fingerprint density at radius 3 is 2.05 bits per heavy atom. The van der Waals surface area contributed by atoms with Crippen molar-refractivity contribution >= 4 is 46.7 Å². The molecule has 0 bridgehead atoms. The molecule has 2 fully saturated rings. The molecule has 7 nitrogen and oxygen atoms in total. The van der Waals surface area contributed by atoms with Crippen molar-refractivity contribution in [2.75, 3.05) is 44.2 Å². The van der Waals surface area contributed by atoms with Crippen LogP contribution >= 0.6 is 23.2 Å². The minimum Gasteiger partial charge on any atom is -0.475 e. The summed E-state index contributed by atoms with van der Waals surface area (Å²) in [5, 5.41) is 8.03. The van der Waals surface area contributed by atoms with E-state index in [4.69, 9.17) is 33.1 Å². The van der Waals surface area contributed by atoms with E-state index in [0.29, 0.717) is 48.4 Å². The normalized spacial score (nSPS) is 16.7. The Kier molecular flexibility index (Phi) is 13.3. The molecule has 0 radical (unpaired) electrons. The lowest BCUT2D eigenvalue weighted by atomic mass is 9.90. The number of piperidine rings is 2. The van der Waals surface area contributed by atoms with Crippen LogP contribution < -0.4 is 4.90 Å². The molecule has 13 heteroatoms. The first-order valence-corrected chi connectivity index (χ1v) is 15.3. The fourth-order valence-electron chi connectivity index (χ4n) is 5.50. The van der Waals surface area contributed by atoms with Crippen LogP contribution in [0.4, 0.5) is 23.2 Å². The van der Waals surface area contributed by atoms with Crippen LogP contribution in [0.1, 0.15) is 44.6 Å². The number of hydrogen-bond donors (Lipinski definition) is 1. The number of carbonyl (C=O) groups is 3. The van der Waals surface area contributed by atoms with Crippen LogP contribution in [0.25, 0.3) is 0 Å². The largest absolute Gasteiger partial charge is 0.490 e. The highest BCUT2D eigenvalue weighted by Crippen LogP contribution is 2.30. The Hall–Kier alpha value is -2.89. The minimum atomic E-state index is -5.08. The van der Waals surface area contributed by atoms with Crippen molar-refractivity contribution in [2.24, 2.45) is 11.8 Å². The van der Waals surface area contributed by atoms with E-state index in [9.17, 15) is 27.2 Å². The Morgan fingerprint density at radius 1 is 0.932 bits per heavy atom. The molecule has 44 heavy (non-hydrogen) atoms. The number of hydrogen-bond acceptors (Lipinski definition) is 4. The number of benzene rings is 2. The maximum Gasteiger partial charge on any atom is 0.490 e. The maximum atomic E-state index is 13.6. The quantitative estimate of drug-likeness (QED) is 0.319. The molecule has 4 rings (SSSR count). The number of aliphatic carboxylic acids is 1. The van der Waals surface area contributed by atoms with Crippen molar-refractivity contribution in [3.8, 4) is 0 Å². The molecule has 2 aromatic carbocycles. The van der Waals surface area contributed by atoms with Gasteiger partial charge in [0.05, 0.1) is 10.0 Å². The molecule has 2 heterocycles. The van der Waals surface area contributed by atoms with E-state index in [2.05, 4.69) is 4.90 Å². The van der Waals surface area contributed by atoms with Crippen LogP contribution in [0.5, 0.6) is 0 Å². The zero-order valence-corrected chi connectivity index (χ0v) is 26.0. The topological polar surface area (TPSA) is 81.2 Å². The van der Waals surface area contributed by atoms with Gasteiger partial charge in [-0.15, -0.1) is 0 Å². The number of amides is 2. The second kappa shape index (κ2) is 16.4. The summed E-state index contributed by atoms with van der Waals surface area (Å²) in [5.74, 6) is -2.27. The summed E-state index contributed by atoms with van der Waals surface area (Å²) in [7, 11) is 0. The average Bonchev–Trinajstić information content (AvgIpc) is 2.98. The summed E-state index contributed by atoms with van der Waals surface area (Å²) in [5.41, 5.74) is 1.97. The monoisotopic (exact) mass is 661 g/mol. The molecular formula is C31H37Cl2F4N3O4. The summed E-state index contributed by atoms with van der Waals surface area (Å²) >= 11 is 12.4. The van der Waals surface area contributed by atoms with E-state index in [1.165, 1.54) is 17.7 Å². The number of carboxylic acids is 1. The molecule has 2 aromatic rings. The van der Waals surface area contributed by atoms with Gasteiger partial charge in [0.25, 0.3) is 0 Å². The van der Waals surface area contributed by atoms with Gasteiger partial charge in [-0.2, -0.15) is 13.2 Å². The number of halogens is 6. The highest BCUT2D eigenvalue weighted by atomic mass is 35.5. The predicted octanol–water partition coefficient (Wildman–Crippen LogP) is 6.70. The molecule has 2 amide bonds. The van der Waals surface area contributed by atoms with E-state index >= 15 is 0 Å². The van der Waals surface area contributed by atoms with Gasteiger partial charge in [0.15, 0.2) is 0 Å². The fraction of sp³-hybridized carbons (Fsp3) is 0.516. The van der Waals surface area contributed by atoms with Crippen molar-refractivity contribution in [3.63, 3.8) is 0 Å². The van der Waals surface area contributed by atoms with Gasteiger partial charge in [0, 0.05) is 38.2 Å². The fourth-order valence-corrected chi connectivity index (χ4v) is 5.79. The number of rotatable bonds is 8. The van der Waals surface area contributed by atoms with Gasteiger partial charge in [-0.25, -0.2) is 9.18 Å². The summed E-state index contributed by atoms with van der Waals surface area (Å²) < 4.78 is 44.9.